The molecule has 10 nitrogen and oxygen atoms in total. The van der Waals surface area contributed by atoms with Crippen LogP contribution in [-0.2, 0) is 17.1 Å². The van der Waals surface area contributed by atoms with Crippen LogP contribution in [0.5, 0.6) is 0 Å². The van der Waals surface area contributed by atoms with E-state index in [-0.39, 0.29) is 16.2 Å². The van der Waals surface area contributed by atoms with Crippen molar-refractivity contribution in [1.82, 2.24) is 23.7 Å². The van der Waals surface area contributed by atoms with Crippen molar-refractivity contribution in [3.8, 4) is 11.3 Å². The van der Waals surface area contributed by atoms with Crippen LogP contribution in [0.1, 0.15) is 18.5 Å². The molecule has 0 spiro atoms. The van der Waals surface area contributed by atoms with Gasteiger partial charge < -0.3 is 4.42 Å². The molecule has 174 valence electrons. The number of hydrogen-bond acceptors (Lipinski definition) is 8. The zero-order valence-corrected chi connectivity index (χ0v) is 19.5. The molecule has 5 aromatic rings. The summed E-state index contributed by atoms with van der Waals surface area (Å²) >= 11 is 0.806. The van der Waals surface area contributed by atoms with Crippen molar-refractivity contribution >= 4 is 37.8 Å². The average molecular weight is 501 g/mol. The topological polar surface area (TPSA) is 125 Å². The van der Waals surface area contributed by atoms with Gasteiger partial charge in [-0.15, -0.1) is 0 Å². The van der Waals surface area contributed by atoms with E-state index in [1.807, 2.05) is 37.4 Å². The Balaban J connectivity index is 1.57. The number of aromatic nitrogens is 5. The number of benzene rings is 2. The SMILES string of the molecule is CC(c1cccc(-c2ccnn2C)c1)n1c(=O)oc2cc(S(=O)(=O)Nc3ncns3)c(F)cc21. The maximum atomic E-state index is 15.0. The van der Waals surface area contributed by atoms with E-state index < -0.39 is 32.5 Å². The van der Waals surface area contributed by atoms with E-state index in [4.69, 9.17) is 4.42 Å². The monoisotopic (exact) mass is 500 g/mol. The Morgan fingerprint density at radius 2 is 2.03 bits per heavy atom. The standard InChI is InChI=1S/C21H17FN6O4S2/c1-12(13-4-3-5-14(8-13)16-6-7-24-27(16)2)28-17-9-15(22)19(10-18(17)32-21(28)29)34(30,31)26-20-23-11-25-33-20/h3-12H,1-2H3,(H,23,25,26). The van der Waals surface area contributed by atoms with Gasteiger partial charge in [-0.2, -0.15) is 9.47 Å². The number of anilines is 1. The van der Waals surface area contributed by atoms with E-state index in [1.165, 1.54) is 10.9 Å². The lowest BCUT2D eigenvalue weighted by Crippen LogP contribution is -2.19. The summed E-state index contributed by atoms with van der Waals surface area (Å²) in [5.41, 5.74) is 2.64. The summed E-state index contributed by atoms with van der Waals surface area (Å²) in [4.78, 5) is 15.8. The zero-order chi connectivity index (χ0) is 24.0. The Bertz CT molecular complexity index is 1670. The van der Waals surface area contributed by atoms with E-state index >= 15 is 0 Å². The van der Waals surface area contributed by atoms with Gasteiger partial charge in [0.25, 0.3) is 10.0 Å². The molecule has 2 aromatic carbocycles. The molecule has 0 fully saturated rings. The van der Waals surface area contributed by atoms with Crippen molar-refractivity contribution in [3.63, 3.8) is 0 Å². The van der Waals surface area contributed by atoms with Gasteiger partial charge in [-0.3, -0.25) is 14.0 Å². The molecule has 1 unspecified atom stereocenters. The molecule has 0 amide bonds. The largest absolute Gasteiger partial charge is 0.420 e. The molecule has 3 heterocycles. The number of nitrogens with one attached hydrogen (secondary N) is 1. The van der Waals surface area contributed by atoms with Crippen LogP contribution in [-0.4, -0.2) is 32.1 Å². The van der Waals surface area contributed by atoms with E-state index in [2.05, 4.69) is 19.2 Å². The van der Waals surface area contributed by atoms with Crippen LogP contribution < -0.4 is 10.5 Å². The minimum Gasteiger partial charge on any atom is -0.408 e. The van der Waals surface area contributed by atoms with Gasteiger partial charge in [0, 0.05) is 42.5 Å². The van der Waals surface area contributed by atoms with Crippen LogP contribution in [0.3, 0.4) is 0 Å². The maximum Gasteiger partial charge on any atom is 0.420 e. The fraction of sp³-hybridized carbons (Fsp3) is 0.143. The van der Waals surface area contributed by atoms with Crippen LogP contribution in [0, 0.1) is 5.82 Å². The molecule has 0 aliphatic carbocycles. The molecule has 0 aliphatic rings. The summed E-state index contributed by atoms with van der Waals surface area (Å²) in [7, 11) is -2.49. The van der Waals surface area contributed by atoms with Gasteiger partial charge in [0.1, 0.15) is 17.0 Å². The van der Waals surface area contributed by atoms with Crippen molar-refractivity contribution in [1.29, 1.82) is 0 Å². The van der Waals surface area contributed by atoms with Gasteiger partial charge in [0.05, 0.1) is 17.3 Å². The van der Waals surface area contributed by atoms with Gasteiger partial charge in [0.15, 0.2) is 5.58 Å². The predicted molar refractivity (Wildman–Crippen MR) is 124 cm³/mol. The highest BCUT2D eigenvalue weighted by Gasteiger charge is 2.25. The molecular weight excluding hydrogens is 483 g/mol. The van der Waals surface area contributed by atoms with Gasteiger partial charge in [-0.05, 0) is 24.6 Å². The van der Waals surface area contributed by atoms with Gasteiger partial charge >= 0.3 is 5.76 Å². The van der Waals surface area contributed by atoms with Crippen LogP contribution in [0.15, 0.2) is 69.1 Å². The highest BCUT2D eigenvalue weighted by Crippen LogP contribution is 2.29. The molecule has 1 N–H and O–H groups in total. The molecule has 0 radical (unpaired) electrons. The molecule has 1 atom stereocenters. The Kier molecular flexibility index (Phi) is 5.29. The second kappa shape index (κ2) is 8.18. The molecule has 5 rings (SSSR count). The minimum atomic E-state index is -4.31. The Morgan fingerprint density at radius 3 is 2.74 bits per heavy atom. The Hall–Kier alpha value is -3.84. The summed E-state index contributed by atoms with van der Waals surface area (Å²) < 4.78 is 54.4. The fourth-order valence-electron chi connectivity index (χ4n) is 3.76. The molecule has 3 aromatic heterocycles. The lowest BCUT2D eigenvalue weighted by Gasteiger charge is -2.15. The summed E-state index contributed by atoms with van der Waals surface area (Å²) in [6, 6.07) is 10.8. The van der Waals surface area contributed by atoms with Crippen LogP contribution >= 0.6 is 11.5 Å². The van der Waals surface area contributed by atoms with Crippen molar-refractivity contribution < 1.29 is 17.2 Å². The third kappa shape index (κ3) is 3.78. The highest BCUT2D eigenvalue weighted by molar-refractivity contribution is 7.93. The number of fused-ring (bicyclic) bond motifs is 1. The van der Waals surface area contributed by atoms with Gasteiger partial charge in [0.2, 0.25) is 5.13 Å². The maximum absolute atomic E-state index is 15.0. The van der Waals surface area contributed by atoms with Crippen molar-refractivity contribution in [2.75, 3.05) is 4.72 Å². The molecule has 0 saturated carbocycles. The number of hydrogen-bond donors (Lipinski definition) is 1. The molecule has 0 bridgehead atoms. The summed E-state index contributed by atoms with van der Waals surface area (Å²) in [5, 5.41) is 4.16. The average Bonchev–Trinajstić information content (AvgIpc) is 3.52. The fourth-order valence-corrected chi connectivity index (χ4v) is 5.50. The third-order valence-corrected chi connectivity index (χ3v) is 7.48. The first kappa shape index (κ1) is 22.0. The number of nitrogens with zero attached hydrogens (tertiary/aromatic N) is 5. The number of aryl methyl sites for hydroxylation is 1. The molecule has 13 heteroatoms. The summed E-state index contributed by atoms with van der Waals surface area (Å²) in [5.74, 6) is -1.77. The number of rotatable bonds is 6. The van der Waals surface area contributed by atoms with Gasteiger partial charge in [-0.1, -0.05) is 18.2 Å². The van der Waals surface area contributed by atoms with E-state index in [0.717, 1.165) is 40.5 Å². The first-order chi connectivity index (χ1) is 16.2. The lowest BCUT2D eigenvalue weighted by molar-refractivity contribution is 0.489. The zero-order valence-electron chi connectivity index (χ0n) is 17.8. The first-order valence-corrected chi connectivity index (χ1v) is 12.2. The molecule has 34 heavy (non-hydrogen) atoms. The van der Waals surface area contributed by atoms with Crippen molar-refractivity contribution in [3.05, 3.63) is 76.9 Å². The summed E-state index contributed by atoms with van der Waals surface area (Å²) in [6.45, 7) is 1.78. The number of sulfonamides is 1. The number of halogens is 1. The van der Waals surface area contributed by atoms with E-state index in [0.29, 0.717) is 0 Å². The van der Waals surface area contributed by atoms with E-state index in [1.54, 1.807) is 17.8 Å². The lowest BCUT2D eigenvalue weighted by atomic mass is 10.0. The molecule has 0 aliphatic heterocycles. The first-order valence-electron chi connectivity index (χ1n) is 9.97. The van der Waals surface area contributed by atoms with Crippen LogP contribution in [0.4, 0.5) is 9.52 Å². The van der Waals surface area contributed by atoms with Gasteiger partial charge in [-0.25, -0.2) is 22.6 Å². The highest BCUT2D eigenvalue weighted by atomic mass is 32.2. The second-order valence-corrected chi connectivity index (χ2v) is 9.91. The third-order valence-electron chi connectivity index (χ3n) is 5.41. The molecule has 0 saturated heterocycles. The van der Waals surface area contributed by atoms with Crippen LogP contribution in [0.25, 0.3) is 22.4 Å². The predicted octanol–water partition coefficient (Wildman–Crippen LogP) is 3.40. The second-order valence-electron chi connectivity index (χ2n) is 7.48. The smallest absolute Gasteiger partial charge is 0.408 e. The van der Waals surface area contributed by atoms with Crippen LogP contribution in [0.2, 0.25) is 0 Å². The Labute approximate surface area is 196 Å². The summed E-state index contributed by atoms with van der Waals surface area (Å²) in [6.07, 6.45) is 2.86. The molecular formula is C21H17FN6O4S2. The normalized spacial score (nSPS) is 12.8. The van der Waals surface area contributed by atoms with Crippen molar-refractivity contribution in [2.24, 2.45) is 7.05 Å². The number of oxazole rings is 1. The minimum absolute atomic E-state index is 0.0135. The van der Waals surface area contributed by atoms with Crippen molar-refractivity contribution in [2.45, 2.75) is 17.9 Å². The Morgan fingerprint density at radius 1 is 1.21 bits per heavy atom. The van der Waals surface area contributed by atoms with E-state index in [9.17, 15) is 17.6 Å². The quantitative estimate of drug-likeness (QED) is 0.379.